The molecule has 1 aliphatic heterocycles. The fourth-order valence-electron chi connectivity index (χ4n) is 3.06. The Labute approximate surface area is 124 Å². The van der Waals surface area contributed by atoms with Crippen LogP contribution in [0, 0.1) is 0 Å². The summed E-state index contributed by atoms with van der Waals surface area (Å²) in [5.41, 5.74) is 1.48. The Hall–Kier alpha value is -0.380. The number of hydrogen-bond donors (Lipinski definition) is 1. The highest BCUT2D eigenvalue weighted by Gasteiger charge is 2.30. The molecule has 2 nitrogen and oxygen atoms in total. The van der Waals surface area contributed by atoms with Gasteiger partial charge >= 0.3 is 0 Å². The summed E-state index contributed by atoms with van der Waals surface area (Å²) in [6.45, 7) is 2.00. The summed E-state index contributed by atoms with van der Waals surface area (Å²) in [5, 5.41) is 3.67. The van der Waals surface area contributed by atoms with Crippen LogP contribution in [0.25, 0.3) is 0 Å². The molecule has 104 valence electrons. The average Bonchev–Trinajstić information content (AvgIpc) is 2.40. The van der Waals surface area contributed by atoms with Crippen molar-refractivity contribution in [1.82, 2.24) is 5.32 Å². The molecule has 2 aliphatic rings. The number of halogens is 1. The summed E-state index contributed by atoms with van der Waals surface area (Å²) in [6.07, 6.45) is 6.81. The molecule has 1 heterocycles. The monoisotopic (exact) mass is 323 g/mol. The van der Waals surface area contributed by atoms with Crippen molar-refractivity contribution in [2.24, 2.45) is 0 Å². The molecule has 1 saturated heterocycles. The molecule has 0 aromatic heterocycles. The smallest absolute Gasteiger partial charge is 0.0699 e. The first kappa shape index (κ1) is 13.6. The molecule has 1 aliphatic carbocycles. The van der Waals surface area contributed by atoms with Crippen LogP contribution in [0.5, 0.6) is 0 Å². The molecule has 1 unspecified atom stereocenters. The van der Waals surface area contributed by atoms with Crippen molar-refractivity contribution in [3.63, 3.8) is 0 Å². The zero-order valence-electron chi connectivity index (χ0n) is 11.3. The molecular weight excluding hydrogens is 302 g/mol. The third-order valence-corrected chi connectivity index (χ3v) is 4.92. The summed E-state index contributed by atoms with van der Waals surface area (Å²) in [4.78, 5) is 0. The molecule has 2 fully saturated rings. The average molecular weight is 324 g/mol. The fourth-order valence-corrected chi connectivity index (χ4v) is 3.32. The topological polar surface area (TPSA) is 21.3 Å². The molecular formula is C16H22BrNO. The minimum atomic E-state index is 0.459. The van der Waals surface area contributed by atoms with Gasteiger partial charge in [0.25, 0.3) is 0 Å². The van der Waals surface area contributed by atoms with Gasteiger partial charge in [0.05, 0.1) is 6.10 Å². The molecule has 0 radical (unpaired) electrons. The lowest BCUT2D eigenvalue weighted by atomic mass is 9.76. The second-order valence-electron chi connectivity index (χ2n) is 5.81. The predicted molar refractivity (Wildman–Crippen MR) is 81.5 cm³/mol. The Kier molecular flexibility index (Phi) is 4.57. The van der Waals surface area contributed by atoms with Gasteiger partial charge in [0.1, 0.15) is 0 Å². The van der Waals surface area contributed by atoms with E-state index in [0.717, 1.165) is 19.1 Å². The van der Waals surface area contributed by atoms with Crippen molar-refractivity contribution in [2.75, 3.05) is 13.2 Å². The lowest BCUT2D eigenvalue weighted by Crippen LogP contribution is -2.44. The quantitative estimate of drug-likeness (QED) is 0.908. The van der Waals surface area contributed by atoms with E-state index in [1.54, 1.807) is 0 Å². The van der Waals surface area contributed by atoms with Crippen molar-refractivity contribution in [1.29, 1.82) is 0 Å². The maximum atomic E-state index is 5.75. The van der Waals surface area contributed by atoms with Gasteiger partial charge in [0.15, 0.2) is 0 Å². The molecule has 0 bridgehead atoms. The Morgan fingerprint density at radius 1 is 1.16 bits per heavy atom. The maximum absolute atomic E-state index is 5.75. The fraction of sp³-hybridized carbons (Fsp3) is 0.625. The Balaban J connectivity index is 1.39. The largest absolute Gasteiger partial charge is 0.377 e. The van der Waals surface area contributed by atoms with E-state index in [1.807, 2.05) is 0 Å². The van der Waals surface area contributed by atoms with Crippen LogP contribution in [0.4, 0.5) is 0 Å². The van der Waals surface area contributed by atoms with Crippen molar-refractivity contribution < 1.29 is 4.74 Å². The Morgan fingerprint density at radius 2 is 1.95 bits per heavy atom. The van der Waals surface area contributed by atoms with Gasteiger partial charge in [0.2, 0.25) is 0 Å². The van der Waals surface area contributed by atoms with Gasteiger partial charge in [-0.05, 0) is 55.7 Å². The SMILES string of the molecule is Brc1ccc(C2CC(NCC3CCCCO3)C2)cc1. The van der Waals surface area contributed by atoms with E-state index < -0.39 is 0 Å². The highest BCUT2D eigenvalue weighted by Crippen LogP contribution is 2.37. The number of benzene rings is 1. The number of ether oxygens (including phenoxy) is 1. The van der Waals surface area contributed by atoms with Gasteiger partial charge in [0, 0.05) is 23.7 Å². The molecule has 1 atom stereocenters. The minimum absolute atomic E-state index is 0.459. The van der Waals surface area contributed by atoms with Crippen LogP contribution >= 0.6 is 15.9 Å². The van der Waals surface area contributed by atoms with Crippen LogP contribution in [0.15, 0.2) is 28.7 Å². The van der Waals surface area contributed by atoms with E-state index in [1.165, 1.54) is 42.1 Å². The summed E-state index contributed by atoms with van der Waals surface area (Å²) in [6, 6.07) is 9.47. The summed E-state index contributed by atoms with van der Waals surface area (Å²) < 4.78 is 6.92. The molecule has 19 heavy (non-hydrogen) atoms. The second kappa shape index (κ2) is 6.38. The van der Waals surface area contributed by atoms with Gasteiger partial charge < -0.3 is 10.1 Å². The van der Waals surface area contributed by atoms with Crippen molar-refractivity contribution in [2.45, 2.75) is 50.2 Å². The van der Waals surface area contributed by atoms with Crippen LogP contribution in [0.3, 0.4) is 0 Å². The van der Waals surface area contributed by atoms with E-state index in [4.69, 9.17) is 4.74 Å². The van der Waals surface area contributed by atoms with E-state index >= 15 is 0 Å². The molecule has 0 spiro atoms. The Bertz CT molecular complexity index is 394. The van der Waals surface area contributed by atoms with E-state index in [0.29, 0.717) is 12.1 Å². The molecule has 3 heteroatoms. The maximum Gasteiger partial charge on any atom is 0.0699 e. The minimum Gasteiger partial charge on any atom is -0.377 e. The zero-order valence-corrected chi connectivity index (χ0v) is 12.9. The van der Waals surface area contributed by atoms with Gasteiger partial charge in [-0.2, -0.15) is 0 Å². The lowest BCUT2D eigenvalue weighted by Gasteiger charge is -2.37. The molecule has 1 aromatic carbocycles. The normalized spacial score (nSPS) is 30.9. The van der Waals surface area contributed by atoms with E-state index in [2.05, 4.69) is 45.5 Å². The predicted octanol–water partition coefficient (Wildman–Crippen LogP) is 3.85. The van der Waals surface area contributed by atoms with Crippen molar-refractivity contribution in [3.05, 3.63) is 34.3 Å². The van der Waals surface area contributed by atoms with Crippen LogP contribution < -0.4 is 5.32 Å². The summed E-state index contributed by atoms with van der Waals surface area (Å²) in [5.74, 6) is 0.748. The highest BCUT2D eigenvalue weighted by molar-refractivity contribution is 9.10. The third kappa shape index (κ3) is 3.59. The summed E-state index contributed by atoms with van der Waals surface area (Å²) in [7, 11) is 0. The first-order chi connectivity index (χ1) is 9.31. The highest BCUT2D eigenvalue weighted by atomic mass is 79.9. The summed E-state index contributed by atoms with van der Waals surface area (Å²) >= 11 is 3.49. The molecule has 3 rings (SSSR count). The van der Waals surface area contributed by atoms with E-state index in [9.17, 15) is 0 Å². The standard InChI is InChI=1S/C16H22BrNO/c17-14-6-4-12(5-7-14)13-9-15(10-13)18-11-16-3-1-2-8-19-16/h4-7,13,15-16,18H,1-3,8-11H2. The van der Waals surface area contributed by atoms with Crippen LogP contribution in [-0.2, 0) is 4.74 Å². The van der Waals surface area contributed by atoms with Crippen LogP contribution in [0.1, 0.15) is 43.6 Å². The van der Waals surface area contributed by atoms with Gasteiger partial charge in [-0.25, -0.2) is 0 Å². The van der Waals surface area contributed by atoms with Gasteiger partial charge in [-0.3, -0.25) is 0 Å². The van der Waals surface area contributed by atoms with Gasteiger partial charge in [-0.15, -0.1) is 0 Å². The zero-order chi connectivity index (χ0) is 13.1. The van der Waals surface area contributed by atoms with Gasteiger partial charge in [-0.1, -0.05) is 28.1 Å². The third-order valence-electron chi connectivity index (χ3n) is 4.39. The number of rotatable bonds is 4. The first-order valence-corrected chi connectivity index (χ1v) is 8.21. The first-order valence-electron chi connectivity index (χ1n) is 7.42. The molecule has 1 N–H and O–H groups in total. The number of hydrogen-bond acceptors (Lipinski definition) is 2. The van der Waals surface area contributed by atoms with Crippen LogP contribution in [-0.4, -0.2) is 25.3 Å². The van der Waals surface area contributed by atoms with Crippen molar-refractivity contribution >= 4 is 15.9 Å². The van der Waals surface area contributed by atoms with Crippen LogP contribution in [0.2, 0.25) is 0 Å². The Morgan fingerprint density at radius 3 is 2.63 bits per heavy atom. The lowest BCUT2D eigenvalue weighted by molar-refractivity contribution is 0.0132. The molecule has 1 saturated carbocycles. The van der Waals surface area contributed by atoms with E-state index in [-0.39, 0.29) is 0 Å². The molecule has 1 aromatic rings. The van der Waals surface area contributed by atoms with Crippen molar-refractivity contribution in [3.8, 4) is 0 Å². The second-order valence-corrected chi connectivity index (χ2v) is 6.73. The number of nitrogens with one attached hydrogen (secondary N) is 1. The molecule has 0 amide bonds.